The average Bonchev–Trinajstić information content (AvgIpc) is 3.27. The van der Waals surface area contributed by atoms with E-state index in [1.165, 1.54) is 19.2 Å². The van der Waals surface area contributed by atoms with Gasteiger partial charge in [-0.3, -0.25) is 4.79 Å². The monoisotopic (exact) mass is 686 g/mol. The quantitative estimate of drug-likeness (QED) is 0.279. The second-order valence-electron chi connectivity index (χ2n) is 11.1. The maximum Gasteiger partial charge on any atom is 0.406 e. The number of fused-ring (bicyclic) bond motifs is 1. The molecular weight excluding hydrogens is 646 g/mol. The van der Waals surface area contributed by atoms with Crippen LogP contribution in [0.15, 0.2) is 47.4 Å². The van der Waals surface area contributed by atoms with Crippen LogP contribution in [-0.2, 0) is 21.2 Å². The summed E-state index contributed by atoms with van der Waals surface area (Å²) in [5.41, 5.74) is 1.40. The number of benzene rings is 2. The number of nitrogens with one attached hydrogen (secondary N) is 2. The summed E-state index contributed by atoms with van der Waals surface area (Å²) in [6.07, 6.45) is 0.974. The van der Waals surface area contributed by atoms with Crippen LogP contribution in [0.3, 0.4) is 0 Å². The summed E-state index contributed by atoms with van der Waals surface area (Å²) in [7, 11) is 2.11. The van der Waals surface area contributed by atoms with Crippen LogP contribution >= 0.6 is 27.0 Å². The molecule has 2 N–H and O–H groups in total. The Morgan fingerprint density at radius 1 is 1.07 bits per heavy atom. The zero-order chi connectivity index (χ0) is 31.4. The van der Waals surface area contributed by atoms with Crippen LogP contribution in [0.2, 0.25) is 0 Å². The average molecular weight is 687 g/mol. The van der Waals surface area contributed by atoms with E-state index in [-0.39, 0.29) is 56.0 Å². The molecule has 1 aliphatic rings. The molecule has 248 valence electrons. The van der Waals surface area contributed by atoms with Crippen molar-refractivity contribution in [3.8, 4) is 17.6 Å². The molecule has 1 saturated carbocycles. The minimum Gasteiger partial charge on any atom is -0.495 e. The first kappa shape index (κ1) is 38.2. The highest BCUT2D eigenvalue weighted by Gasteiger charge is 2.30. The van der Waals surface area contributed by atoms with Crippen LogP contribution < -0.4 is 15.4 Å². The maximum atomic E-state index is 13.6. The molecular formula is C31H41F3N4O4S3. The van der Waals surface area contributed by atoms with Crippen molar-refractivity contribution in [3.05, 3.63) is 48.2 Å². The summed E-state index contributed by atoms with van der Waals surface area (Å²) in [5, 5.41) is 6.42. The molecule has 1 amide bonds. The van der Waals surface area contributed by atoms with Gasteiger partial charge >= 0.3 is 6.18 Å². The molecule has 0 atom stereocenters. The van der Waals surface area contributed by atoms with Gasteiger partial charge in [0.25, 0.3) is 0 Å². The number of nitrogens with zero attached hydrogens (tertiary/aromatic N) is 2. The number of amides is 1. The van der Waals surface area contributed by atoms with Gasteiger partial charge in [0.15, 0.2) is 9.84 Å². The van der Waals surface area contributed by atoms with E-state index in [1.807, 2.05) is 0 Å². The number of ether oxygens (including phenoxy) is 1. The number of hydrogen-bond acceptors (Lipinski definition) is 6. The highest BCUT2D eigenvalue weighted by atomic mass is 32.2. The Hall–Kier alpha value is -2.99. The molecule has 0 unspecified atom stereocenters. The topological polar surface area (TPSA) is 92.7 Å². The molecule has 1 aromatic heterocycles. The van der Waals surface area contributed by atoms with Gasteiger partial charge in [-0.1, -0.05) is 12.0 Å². The van der Waals surface area contributed by atoms with Gasteiger partial charge in [0.2, 0.25) is 5.91 Å². The van der Waals surface area contributed by atoms with Gasteiger partial charge in [-0.2, -0.15) is 40.2 Å². The van der Waals surface area contributed by atoms with Crippen LogP contribution in [0.1, 0.15) is 37.8 Å². The molecule has 0 radical (unpaired) electrons. The third kappa shape index (κ3) is 10.3. The fraction of sp³-hybridized carbons (Fsp3) is 0.452. The number of carbonyl (C=O) groups excluding carboxylic acids is 1. The lowest BCUT2D eigenvalue weighted by molar-refractivity contribution is -0.140. The molecule has 0 saturated heterocycles. The van der Waals surface area contributed by atoms with Crippen molar-refractivity contribution < 1.29 is 31.1 Å². The van der Waals surface area contributed by atoms with Gasteiger partial charge in [-0.05, 0) is 81.9 Å². The Kier molecular flexibility index (Phi) is 13.6. The summed E-state index contributed by atoms with van der Waals surface area (Å²) in [4.78, 5) is 15.3. The summed E-state index contributed by atoms with van der Waals surface area (Å²) in [6, 6.07) is 11.3. The van der Waals surface area contributed by atoms with Crippen LogP contribution in [-0.4, -0.2) is 70.0 Å². The summed E-state index contributed by atoms with van der Waals surface area (Å²) in [5.74, 6) is 6.09. The van der Waals surface area contributed by atoms with Crippen LogP contribution in [0, 0.1) is 17.8 Å². The zero-order valence-corrected chi connectivity index (χ0v) is 28.5. The number of halogens is 3. The number of aromatic nitrogens is 1. The lowest BCUT2D eigenvalue weighted by Gasteiger charge is -2.32. The highest BCUT2D eigenvalue weighted by Crippen LogP contribution is 2.32. The fourth-order valence-corrected chi connectivity index (χ4v) is 6.13. The van der Waals surface area contributed by atoms with Gasteiger partial charge in [-0.15, -0.1) is 0 Å². The van der Waals surface area contributed by atoms with E-state index < -0.39 is 22.6 Å². The summed E-state index contributed by atoms with van der Waals surface area (Å²) in [6.45, 7) is -1.18. The molecule has 1 aliphatic carbocycles. The van der Waals surface area contributed by atoms with Crippen LogP contribution in [0.4, 0.5) is 24.5 Å². The number of anilines is 2. The van der Waals surface area contributed by atoms with E-state index in [0.29, 0.717) is 40.5 Å². The smallest absolute Gasteiger partial charge is 0.406 e. The van der Waals surface area contributed by atoms with Crippen molar-refractivity contribution in [1.82, 2.24) is 9.47 Å². The van der Waals surface area contributed by atoms with Gasteiger partial charge < -0.3 is 24.8 Å². The molecule has 2 aromatic carbocycles. The highest BCUT2D eigenvalue weighted by molar-refractivity contribution is 7.90. The Morgan fingerprint density at radius 2 is 1.76 bits per heavy atom. The molecule has 45 heavy (non-hydrogen) atoms. The van der Waals surface area contributed by atoms with E-state index in [4.69, 9.17) is 4.74 Å². The Bertz CT molecular complexity index is 1640. The minimum atomic E-state index is -4.49. The molecule has 8 nitrogen and oxygen atoms in total. The Morgan fingerprint density at radius 3 is 2.36 bits per heavy atom. The number of rotatable bonds is 9. The first-order valence-electron chi connectivity index (χ1n) is 14.0. The third-order valence-electron chi connectivity index (χ3n) is 7.76. The predicted molar refractivity (Wildman–Crippen MR) is 183 cm³/mol. The molecule has 0 aliphatic heterocycles. The van der Waals surface area contributed by atoms with Crippen LogP contribution in [0.25, 0.3) is 10.9 Å². The van der Waals surface area contributed by atoms with Gasteiger partial charge in [0.1, 0.15) is 12.3 Å². The van der Waals surface area contributed by atoms with Gasteiger partial charge in [0.05, 0.1) is 41.1 Å². The first-order chi connectivity index (χ1) is 20.2. The van der Waals surface area contributed by atoms with Crippen molar-refractivity contribution in [2.24, 2.45) is 5.92 Å². The number of sulfone groups is 1. The third-order valence-corrected chi connectivity index (χ3v) is 8.87. The standard InChI is InChI=1S/C31H37F3N4O4S.2H2S/c1-37(2)22-12-10-21(11-13-22)17-30(39)36-26-8-5-9-28-25(26)18-23(38(28)20-31(32,33)34)7-6-16-35-27-15-14-24(43(4,40)41)19-29(27)42-3;;/h5,8-9,14-15,18-19,21-22,35H,10-13,16-17,20H2,1-4H3,(H,36,39);2*1H2. The number of methoxy groups -OCH3 is 1. The summed E-state index contributed by atoms with van der Waals surface area (Å²) >= 11 is 0. The van der Waals surface area contributed by atoms with Crippen LogP contribution in [0.5, 0.6) is 5.75 Å². The number of hydrogen-bond donors (Lipinski definition) is 2. The van der Waals surface area contributed by atoms with Gasteiger partial charge in [-0.25, -0.2) is 8.42 Å². The van der Waals surface area contributed by atoms with E-state index >= 15 is 0 Å². The first-order valence-corrected chi connectivity index (χ1v) is 15.9. The molecule has 14 heteroatoms. The molecule has 3 aromatic rings. The molecule has 0 bridgehead atoms. The minimum absolute atomic E-state index is 0. The second kappa shape index (κ2) is 16.0. The maximum absolute atomic E-state index is 13.6. The second-order valence-corrected chi connectivity index (χ2v) is 13.2. The van der Waals surface area contributed by atoms with E-state index in [0.717, 1.165) is 36.5 Å². The lowest BCUT2D eigenvalue weighted by atomic mass is 9.83. The molecule has 0 spiro atoms. The molecule has 1 fully saturated rings. The summed E-state index contributed by atoms with van der Waals surface area (Å²) < 4.78 is 70.8. The van der Waals surface area contributed by atoms with Crippen molar-refractivity contribution in [1.29, 1.82) is 0 Å². The SMILES string of the molecule is COc1cc(S(C)(=O)=O)ccc1NCC#Cc1cc2c(NC(=O)CC3CCC(N(C)C)CC3)cccc2n1CC(F)(F)F.S.S. The molecule has 1 heterocycles. The fourth-order valence-electron chi connectivity index (χ4n) is 5.50. The zero-order valence-electron chi connectivity index (χ0n) is 25.7. The van der Waals surface area contributed by atoms with Gasteiger partial charge in [0, 0.05) is 30.2 Å². The van der Waals surface area contributed by atoms with Crippen molar-refractivity contribution in [2.45, 2.75) is 55.8 Å². The van der Waals surface area contributed by atoms with Crippen molar-refractivity contribution in [2.75, 3.05) is 44.6 Å². The van der Waals surface area contributed by atoms with E-state index in [9.17, 15) is 26.4 Å². The number of carbonyl (C=O) groups is 1. The largest absolute Gasteiger partial charge is 0.495 e. The van der Waals surface area contributed by atoms with Crippen molar-refractivity contribution >= 4 is 65.0 Å². The van der Waals surface area contributed by atoms with Crippen molar-refractivity contribution in [3.63, 3.8) is 0 Å². The lowest BCUT2D eigenvalue weighted by Crippen LogP contribution is -2.33. The molecule has 4 rings (SSSR count). The van der Waals surface area contributed by atoms with E-state index in [2.05, 4.69) is 41.5 Å². The number of alkyl halides is 3. The normalized spacial score (nSPS) is 16.6. The van der Waals surface area contributed by atoms with E-state index in [1.54, 1.807) is 30.3 Å². The Labute approximate surface area is 276 Å². The predicted octanol–water partition coefficient (Wildman–Crippen LogP) is 5.75. The Balaban J connectivity index is 0.00000353.